The molecule has 1 N–H and O–H groups in total. The fourth-order valence-corrected chi connectivity index (χ4v) is 3.55. The van der Waals surface area contributed by atoms with Gasteiger partial charge in [0.05, 0.1) is 18.2 Å². The molecule has 0 unspecified atom stereocenters. The summed E-state index contributed by atoms with van der Waals surface area (Å²) < 4.78 is 48.3. The van der Waals surface area contributed by atoms with Gasteiger partial charge >= 0.3 is 6.36 Å². The zero-order valence-electron chi connectivity index (χ0n) is 15.5. The van der Waals surface area contributed by atoms with Crippen molar-refractivity contribution in [2.45, 2.75) is 45.4 Å². The number of nitrogens with one attached hydrogen (secondary N) is 1. The third-order valence-electron chi connectivity index (χ3n) is 4.62. The van der Waals surface area contributed by atoms with Gasteiger partial charge in [-0.05, 0) is 56.2 Å². The molecule has 0 bridgehead atoms. The molecule has 0 aliphatic carbocycles. The highest BCUT2D eigenvalue weighted by atomic mass is 79.9. The van der Waals surface area contributed by atoms with Gasteiger partial charge in [-0.1, -0.05) is 28.1 Å². The van der Waals surface area contributed by atoms with Gasteiger partial charge in [-0.15, -0.1) is 13.2 Å². The Bertz CT molecular complexity index is 912. The fourth-order valence-electron chi connectivity index (χ4n) is 3.21. The molecule has 1 aliphatic rings. The first-order valence-corrected chi connectivity index (χ1v) is 9.39. The monoisotopic (exact) mass is 457 g/mol. The number of fused-ring (bicyclic) bond motifs is 1. The summed E-state index contributed by atoms with van der Waals surface area (Å²) in [6.45, 7) is 5.92. The number of carbonyl (C=O) groups excluding carboxylic acids is 1. The van der Waals surface area contributed by atoms with Crippen LogP contribution in [-0.2, 0) is 16.9 Å². The van der Waals surface area contributed by atoms with Crippen LogP contribution in [0, 0.1) is 0 Å². The molecule has 0 saturated heterocycles. The molecular formula is C20H19BrF3NO3. The smallest absolute Gasteiger partial charge is 0.405 e. The summed E-state index contributed by atoms with van der Waals surface area (Å²) in [7, 11) is 0. The lowest BCUT2D eigenvalue weighted by molar-refractivity contribution is -0.275. The Morgan fingerprint density at radius 2 is 1.96 bits per heavy atom. The van der Waals surface area contributed by atoms with Crippen molar-refractivity contribution in [3.63, 3.8) is 0 Å². The number of benzene rings is 2. The van der Waals surface area contributed by atoms with Crippen molar-refractivity contribution >= 4 is 21.8 Å². The molecule has 8 heteroatoms. The van der Waals surface area contributed by atoms with Gasteiger partial charge in [0.15, 0.2) is 0 Å². The van der Waals surface area contributed by atoms with Crippen LogP contribution in [0.3, 0.4) is 0 Å². The summed E-state index contributed by atoms with van der Waals surface area (Å²) in [4.78, 5) is 12.6. The Kier molecular flexibility index (Phi) is 5.46. The fraction of sp³-hybridized carbons (Fsp3) is 0.350. The van der Waals surface area contributed by atoms with E-state index in [0.717, 1.165) is 11.1 Å². The predicted octanol–water partition coefficient (Wildman–Crippen LogP) is 5.60. The standard InChI is InChI=1S/C20H19BrF3NO3/c1-11(15-6-5-14(21)9-17(15)28-20(22,23)24)25-18(26)12-4-7-16-13(8-12)10-27-19(16,2)3/h4-9,11H,10H2,1-3H3,(H,25,26)/t11-/m0/s1. The first-order chi connectivity index (χ1) is 13.0. The minimum absolute atomic E-state index is 0.222. The lowest BCUT2D eigenvalue weighted by atomic mass is 9.94. The third kappa shape index (κ3) is 4.50. The molecule has 0 spiro atoms. The molecule has 0 fully saturated rings. The summed E-state index contributed by atoms with van der Waals surface area (Å²) in [5, 5.41) is 2.73. The van der Waals surface area contributed by atoms with Crippen LogP contribution in [0.2, 0.25) is 0 Å². The van der Waals surface area contributed by atoms with Crippen molar-refractivity contribution in [1.29, 1.82) is 0 Å². The van der Waals surface area contributed by atoms with E-state index < -0.39 is 18.0 Å². The summed E-state index contributed by atoms with van der Waals surface area (Å²) in [5.41, 5.74) is 2.18. The van der Waals surface area contributed by atoms with E-state index in [1.807, 2.05) is 19.9 Å². The van der Waals surface area contributed by atoms with Crippen LogP contribution in [0.1, 0.15) is 53.9 Å². The van der Waals surface area contributed by atoms with Gasteiger partial charge in [0.25, 0.3) is 5.91 Å². The van der Waals surface area contributed by atoms with Crippen molar-refractivity contribution in [2.75, 3.05) is 0 Å². The molecule has 150 valence electrons. The van der Waals surface area contributed by atoms with Crippen LogP contribution in [0.15, 0.2) is 40.9 Å². The van der Waals surface area contributed by atoms with E-state index in [1.165, 1.54) is 12.1 Å². The molecule has 0 aromatic heterocycles. The van der Waals surface area contributed by atoms with E-state index in [4.69, 9.17) is 4.74 Å². The highest BCUT2D eigenvalue weighted by Gasteiger charge is 2.33. The summed E-state index contributed by atoms with van der Waals surface area (Å²) in [5.74, 6) is -0.750. The maximum Gasteiger partial charge on any atom is 0.573 e. The second-order valence-corrected chi connectivity index (χ2v) is 8.01. The van der Waals surface area contributed by atoms with Crippen molar-refractivity contribution in [2.24, 2.45) is 0 Å². The quantitative estimate of drug-likeness (QED) is 0.649. The van der Waals surface area contributed by atoms with E-state index in [9.17, 15) is 18.0 Å². The molecular weight excluding hydrogens is 439 g/mol. The largest absolute Gasteiger partial charge is 0.573 e. The van der Waals surface area contributed by atoms with Gasteiger partial charge in [0.2, 0.25) is 0 Å². The van der Waals surface area contributed by atoms with Crippen molar-refractivity contribution in [3.8, 4) is 5.75 Å². The van der Waals surface area contributed by atoms with Crippen LogP contribution in [-0.4, -0.2) is 12.3 Å². The first kappa shape index (κ1) is 20.7. The number of alkyl halides is 3. The Labute approximate surface area is 169 Å². The van der Waals surface area contributed by atoms with E-state index in [-0.39, 0.29) is 17.2 Å². The number of amides is 1. The Morgan fingerprint density at radius 1 is 1.25 bits per heavy atom. The molecule has 2 aromatic rings. The number of hydrogen-bond donors (Lipinski definition) is 1. The number of carbonyl (C=O) groups is 1. The Hall–Kier alpha value is -2.06. The van der Waals surface area contributed by atoms with Gasteiger partial charge in [0.1, 0.15) is 5.75 Å². The highest BCUT2D eigenvalue weighted by molar-refractivity contribution is 9.10. The molecule has 1 atom stereocenters. The van der Waals surface area contributed by atoms with Crippen molar-refractivity contribution in [3.05, 3.63) is 63.1 Å². The molecule has 0 radical (unpaired) electrons. The zero-order chi connectivity index (χ0) is 20.7. The maximum atomic E-state index is 12.7. The number of hydrogen-bond acceptors (Lipinski definition) is 3. The number of ether oxygens (including phenoxy) is 2. The topological polar surface area (TPSA) is 47.6 Å². The van der Waals surface area contributed by atoms with Gasteiger partial charge in [-0.3, -0.25) is 4.79 Å². The van der Waals surface area contributed by atoms with Crippen molar-refractivity contribution < 1.29 is 27.4 Å². The van der Waals surface area contributed by atoms with Crippen LogP contribution < -0.4 is 10.1 Å². The summed E-state index contributed by atoms with van der Waals surface area (Å²) >= 11 is 3.13. The average molecular weight is 458 g/mol. The van der Waals surface area contributed by atoms with E-state index >= 15 is 0 Å². The van der Waals surface area contributed by atoms with Gasteiger partial charge in [-0.2, -0.15) is 0 Å². The number of rotatable bonds is 4. The molecule has 0 saturated carbocycles. The van der Waals surface area contributed by atoms with E-state index in [0.29, 0.717) is 16.6 Å². The second-order valence-electron chi connectivity index (χ2n) is 7.10. The van der Waals surface area contributed by atoms with Gasteiger partial charge in [-0.25, -0.2) is 0 Å². The molecule has 4 nitrogen and oxygen atoms in total. The lowest BCUT2D eigenvalue weighted by Gasteiger charge is -2.20. The van der Waals surface area contributed by atoms with Crippen LogP contribution >= 0.6 is 15.9 Å². The highest BCUT2D eigenvalue weighted by Crippen LogP contribution is 2.36. The Morgan fingerprint density at radius 3 is 2.64 bits per heavy atom. The zero-order valence-corrected chi connectivity index (χ0v) is 17.1. The first-order valence-electron chi connectivity index (χ1n) is 8.60. The summed E-state index contributed by atoms with van der Waals surface area (Å²) in [6, 6.07) is 8.89. The van der Waals surface area contributed by atoms with Gasteiger partial charge in [0, 0.05) is 15.6 Å². The van der Waals surface area contributed by atoms with Crippen molar-refractivity contribution in [1.82, 2.24) is 5.32 Å². The molecule has 1 aliphatic heterocycles. The van der Waals surface area contributed by atoms with Crippen LogP contribution in [0.25, 0.3) is 0 Å². The molecule has 1 heterocycles. The number of halogens is 4. The van der Waals surface area contributed by atoms with Crippen LogP contribution in [0.5, 0.6) is 5.75 Å². The Balaban J connectivity index is 1.80. The minimum Gasteiger partial charge on any atom is -0.405 e. The summed E-state index contributed by atoms with van der Waals surface area (Å²) in [6.07, 6.45) is -4.83. The normalized spacial score (nSPS) is 16.4. The third-order valence-corrected chi connectivity index (χ3v) is 5.11. The average Bonchev–Trinajstić information content (AvgIpc) is 2.88. The molecule has 3 rings (SSSR count). The predicted molar refractivity (Wildman–Crippen MR) is 101 cm³/mol. The minimum atomic E-state index is -4.83. The molecule has 28 heavy (non-hydrogen) atoms. The van der Waals surface area contributed by atoms with Crippen LogP contribution in [0.4, 0.5) is 13.2 Å². The second kappa shape index (κ2) is 7.40. The van der Waals surface area contributed by atoms with E-state index in [1.54, 1.807) is 25.1 Å². The maximum absolute atomic E-state index is 12.7. The van der Waals surface area contributed by atoms with E-state index in [2.05, 4.69) is 26.0 Å². The molecule has 2 aromatic carbocycles. The molecule has 1 amide bonds. The van der Waals surface area contributed by atoms with Gasteiger partial charge < -0.3 is 14.8 Å². The SMILES string of the molecule is C[C@H](NC(=O)c1ccc2c(c1)COC2(C)C)c1ccc(Br)cc1OC(F)(F)F. The lowest BCUT2D eigenvalue weighted by Crippen LogP contribution is -2.28.